The Bertz CT molecular complexity index is 510. The molecule has 1 aromatic carbocycles. The minimum absolute atomic E-state index is 0.169. The molecule has 0 radical (unpaired) electrons. The molecule has 0 saturated carbocycles. The fourth-order valence-electron chi connectivity index (χ4n) is 1.19. The second kappa shape index (κ2) is 2.95. The number of carboxylic acids is 1. The molecule has 2 N–H and O–H groups in total. The van der Waals surface area contributed by atoms with Crippen molar-refractivity contribution in [3.05, 3.63) is 30.1 Å². The van der Waals surface area contributed by atoms with Crippen molar-refractivity contribution in [2.45, 2.75) is 0 Å². The van der Waals surface area contributed by atoms with Crippen LogP contribution in [0.4, 0.5) is 0 Å². The predicted octanol–water partition coefficient (Wildman–Crippen LogP) is 1.03. The molecule has 1 aromatic heterocycles. The number of carboxylic acid groups (broad SMARTS) is 1. The molecule has 5 nitrogen and oxygen atoms in total. The summed E-state index contributed by atoms with van der Waals surface area (Å²) in [6.45, 7) is 0. The molecule has 0 atom stereocenters. The van der Waals surface area contributed by atoms with Gasteiger partial charge in [0.25, 0.3) is 0 Å². The molecular weight excluding hydrogens is 184 g/mol. The van der Waals surface area contributed by atoms with E-state index in [2.05, 4.69) is 9.97 Å². The highest BCUT2D eigenvalue weighted by atomic mass is 16.4. The number of benzene rings is 1. The van der Waals surface area contributed by atoms with E-state index in [0.717, 1.165) is 0 Å². The number of nitrogens with zero attached hydrogens (tertiary/aromatic N) is 2. The van der Waals surface area contributed by atoms with Crippen molar-refractivity contribution in [2.24, 2.45) is 0 Å². The minimum Gasteiger partial charge on any atom is -0.505 e. The zero-order chi connectivity index (χ0) is 10.1. The Morgan fingerprint density at radius 3 is 2.64 bits per heavy atom. The number of phenols is 1. The van der Waals surface area contributed by atoms with Crippen molar-refractivity contribution in [3.63, 3.8) is 0 Å². The Balaban J connectivity index is 2.81. The first-order valence-electron chi connectivity index (χ1n) is 3.86. The molecule has 1 heterocycles. The van der Waals surface area contributed by atoms with E-state index in [9.17, 15) is 9.90 Å². The first-order chi connectivity index (χ1) is 6.70. The molecule has 5 heteroatoms. The lowest BCUT2D eigenvalue weighted by atomic mass is 10.1. The summed E-state index contributed by atoms with van der Waals surface area (Å²) in [7, 11) is 0. The summed E-state index contributed by atoms with van der Waals surface area (Å²) >= 11 is 0. The van der Waals surface area contributed by atoms with E-state index in [0.29, 0.717) is 5.52 Å². The lowest BCUT2D eigenvalue weighted by Gasteiger charge is -2.01. The van der Waals surface area contributed by atoms with Crippen molar-refractivity contribution >= 4 is 17.0 Å². The van der Waals surface area contributed by atoms with Crippen molar-refractivity contribution < 1.29 is 15.0 Å². The van der Waals surface area contributed by atoms with E-state index in [1.807, 2.05) is 0 Å². The first-order valence-corrected chi connectivity index (χ1v) is 3.86. The third-order valence-electron chi connectivity index (χ3n) is 1.84. The summed E-state index contributed by atoms with van der Waals surface area (Å²) in [5, 5.41) is 18.3. The van der Waals surface area contributed by atoms with Crippen molar-refractivity contribution in [2.75, 3.05) is 0 Å². The van der Waals surface area contributed by atoms with Crippen molar-refractivity contribution in [3.8, 4) is 5.75 Å². The first kappa shape index (κ1) is 8.43. The van der Waals surface area contributed by atoms with Gasteiger partial charge >= 0.3 is 5.97 Å². The van der Waals surface area contributed by atoms with Crippen LogP contribution in [0.5, 0.6) is 5.75 Å². The topological polar surface area (TPSA) is 83.3 Å². The Morgan fingerprint density at radius 2 is 1.93 bits per heavy atom. The SMILES string of the molecule is O=C(O)c1ccc2nccnc2c1O. The fourth-order valence-corrected chi connectivity index (χ4v) is 1.19. The Kier molecular flexibility index (Phi) is 1.78. The van der Waals surface area contributed by atoms with E-state index in [1.54, 1.807) is 0 Å². The highest BCUT2D eigenvalue weighted by Gasteiger charge is 2.13. The monoisotopic (exact) mass is 190 g/mol. The largest absolute Gasteiger partial charge is 0.505 e. The number of aromatic nitrogens is 2. The van der Waals surface area contributed by atoms with Crippen LogP contribution in [-0.2, 0) is 0 Å². The van der Waals surface area contributed by atoms with Gasteiger partial charge in [-0.2, -0.15) is 0 Å². The highest BCUT2D eigenvalue weighted by molar-refractivity contribution is 5.97. The molecule has 0 saturated heterocycles. The predicted molar refractivity (Wildman–Crippen MR) is 48.2 cm³/mol. The van der Waals surface area contributed by atoms with E-state index in [1.165, 1.54) is 24.5 Å². The number of hydrogen-bond donors (Lipinski definition) is 2. The van der Waals surface area contributed by atoms with Crippen LogP contribution in [0.3, 0.4) is 0 Å². The molecule has 0 fully saturated rings. The molecule has 2 rings (SSSR count). The standard InChI is InChI=1S/C9H6N2O3/c12-8-5(9(13)14)1-2-6-7(8)11-4-3-10-6/h1-4,12H,(H,13,14). The second-order valence-corrected chi connectivity index (χ2v) is 2.69. The molecule has 0 amide bonds. The van der Waals surface area contributed by atoms with E-state index in [4.69, 9.17) is 5.11 Å². The van der Waals surface area contributed by atoms with Crippen LogP contribution >= 0.6 is 0 Å². The third kappa shape index (κ3) is 1.15. The van der Waals surface area contributed by atoms with Gasteiger partial charge in [0, 0.05) is 12.4 Å². The van der Waals surface area contributed by atoms with Gasteiger partial charge in [-0.15, -0.1) is 0 Å². The van der Waals surface area contributed by atoms with Gasteiger partial charge in [-0.25, -0.2) is 9.78 Å². The smallest absolute Gasteiger partial charge is 0.339 e. The number of aromatic hydroxyl groups is 1. The number of aromatic carboxylic acids is 1. The average molecular weight is 190 g/mol. The molecule has 14 heavy (non-hydrogen) atoms. The average Bonchev–Trinajstić information content (AvgIpc) is 2.18. The summed E-state index contributed by atoms with van der Waals surface area (Å²) in [5.74, 6) is -1.53. The van der Waals surface area contributed by atoms with Gasteiger partial charge in [0.05, 0.1) is 5.52 Å². The minimum atomic E-state index is -1.19. The number of rotatable bonds is 1. The van der Waals surface area contributed by atoms with Crippen molar-refractivity contribution in [1.29, 1.82) is 0 Å². The Labute approximate surface area is 78.7 Å². The normalized spacial score (nSPS) is 10.3. The van der Waals surface area contributed by atoms with Crippen molar-refractivity contribution in [1.82, 2.24) is 9.97 Å². The number of fused-ring (bicyclic) bond motifs is 1. The second-order valence-electron chi connectivity index (χ2n) is 2.69. The van der Waals surface area contributed by atoms with Gasteiger partial charge in [-0.3, -0.25) is 4.98 Å². The molecule has 0 unspecified atom stereocenters. The summed E-state index contributed by atoms with van der Waals surface area (Å²) in [6, 6.07) is 2.81. The number of hydrogen-bond acceptors (Lipinski definition) is 4. The van der Waals surface area contributed by atoms with Crippen LogP contribution in [0.2, 0.25) is 0 Å². The van der Waals surface area contributed by atoms with Crippen LogP contribution in [0.25, 0.3) is 11.0 Å². The molecule has 0 aliphatic rings. The molecule has 70 valence electrons. The van der Waals surface area contributed by atoms with Gasteiger partial charge in [0.2, 0.25) is 0 Å². The molecule has 0 aliphatic carbocycles. The van der Waals surface area contributed by atoms with Crippen LogP contribution in [0.1, 0.15) is 10.4 Å². The van der Waals surface area contributed by atoms with Crippen LogP contribution in [0.15, 0.2) is 24.5 Å². The van der Waals surface area contributed by atoms with Crippen LogP contribution in [-0.4, -0.2) is 26.2 Å². The van der Waals surface area contributed by atoms with Gasteiger partial charge in [-0.1, -0.05) is 0 Å². The lowest BCUT2D eigenvalue weighted by molar-refractivity contribution is 0.0694. The highest BCUT2D eigenvalue weighted by Crippen LogP contribution is 2.25. The maximum atomic E-state index is 10.7. The zero-order valence-electron chi connectivity index (χ0n) is 7.01. The molecule has 0 spiro atoms. The summed E-state index contributed by atoms with van der Waals surface area (Å²) in [5.41, 5.74) is 0.500. The molecule has 2 aromatic rings. The lowest BCUT2D eigenvalue weighted by Crippen LogP contribution is -1.97. The van der Waals surface area contributed by atoms with E-state index in [-0.39, 0.29) is 16.8 Å². The van der Waals surface area contributed by atoms with E-state index >= 15 is 0 Å². The summed E-state index contributed by atoms with van der Waals surface area (Å²) < 4.78 is 0. The maximum absolute atomic E-state index is 10.7. The van der Waals surface area contributed by atoms with Gasteiger partial charge in [0.1, 0.15) is 11.1 Å². The zero-order valence-corrected chi connectivity index (χ0v) is 7.01. The molecular formula is C9H6N2O3. The fraction of sp³-hybridized carbons (Fsp3) is 0. The van der Waals surface area contributed by atoms with Gasteiger partial charge in [0.15, 0.2) is 5.75 Å². The quantitative estimate of drug-likeness (QED) is 0.701. The number of carbonyl (C=O) groups is 1. The molecule has 0 aliphatic heterocycles. The van der Waals surface area contributed by atoms with E-state index < -0.39 is 5.97 Å². The third-order valence-corrected chi connectivity index (χ3v) is 1.84. The van der Waals surface area contributed by atoms with Gasteiger partial charge in [-0.05, 0) is 12.1 Å². The van der Waals surface area contributed by atoms with Crippen LogP contribution in [0, 0.1) is 0 Å². The van der Waals surface area contributed by atoms with Crippen LogP contribution < -0.4 is 0 Å². The Hall–Kier alpha value is -2.17. The maximum Gasteiger partial charge on any atom is 0.339 e. The molecule has 0 bridgehead atoms. The Morgan fingerprint density at radius 1 is 1.21 bits per heavy atom. The summed E-state index contributed by atoms with van der Waals surface area (Å²) in [6.07, 6.45) is 2.87. The summed E-state index contributed by atoms with van der Waals surface area (Å²) in [4.78, 5) is 18.4. The van der Waals surface area contributed by atoms with Gasteiger partial charge < -0.3 is 10.2 Å².